The van der Waals surface area contributed by atoms with E-state index < -0.39 is 0 Å². The van der Waals surface area contributed by atoms with Gasteiger partial charge in [0.05, 0.1) is 37.0 Å². The van der Waals surface area contributed by atoms with Crippen LogP contribution < -0.4 is 0 Å². The van der Waals surface area contributed by atoms with Gasteiger partial charge in [-0.15, -0.1) is 0 Å². The van der Waals surface area contributed by atoms with Crippen LogP contribution in [0.1, 0.15) is 24.2 Å². The lowest BCUT2D eigenvalue weighted by molar-refractivity contribution is 0.0198. The molecule has 1 aliphatic heterocycles. The monoisotopic (exact) mass is 335 g/mol. The van der Waals surface area contributed by atoms with E-state index in [0.29, 0.717) is 17.3 Å². The van der Waals surface area contributed by atoms with Gasteiger partial charge < -0.3 is 4.74 Å². The Hall–Kier alpha value is -2.44. The number of ether oxygens (including phenoxy) is 1. The smallest absolute Gasteiger partial charge is 0.198 e. The highest BCUT2D eigenvalue weighted by molar-refractivity contribution is 5.69. The molecule has 0 radical (unpaired) electrons. The van der Waals surface area contributed by atoms with E-state index >= 15 is 0 Å². The third-order valence-electron chi connectivity index (χ3n) is 4.67. The van der Waals surface area contributed by atoms with Gasteiger partial charge in [-0.25, -0.2) is 19.9 Å². The molecule has 128 valence electrons. The Morgan fingerprint density at radius 3 is 2.40 bits per heavy atom. The molecular formula is C19H21N5O. The maximum absolute atomic E-state index is 5.44. The summed E-state index contributed by atoms with van der Waals surface area (Å²) in [6, 6.07) is 8.92. The van der Waals surface area contributed by atoms with Gasteiger partial charge in [-0.3, -0.25) is 4.90 Å². The largest absolute Gasteiger partial charge is 0.379 e. The van der Waals surface area contributed by atoms with Crippen molar-refractivity contribution in [2.75, 3.05) is 26.3 Å². The predicted octanol–water partition coefficient (Wildman–Crippen LogP) is 2.79. The van der Waals surface area contributed by atoms with Gasteiger partial charge in [0, 0.05) is 24.7 Å². The highest BCUT2D eigenvalue weighted by atomic mass is 16.5. The van der Waals surface area contributed by atoms with Crippen LogP contribution in [-0.4, -0.2) is 51.1 Å². The zero-order chi connectivity index (χ0) is 17.2. The van der Waals surface area contributed by atoms with Crippen LogP contribution in [0.4, 0.5) is 0 Å². The summed E-state index contributed by atoms with van der Waals surface area (Å²) < 4.78 is 5.44. The van der Waals surface area contributed by atoms with E-state index in [9.17, 15) is 0 Å². The molecule has 0 unspecified atom stereocenters. The second-order valence-corrected chi connectivity index (χ2v) is 6.36. The lowest BCUT2D eigenvalue weighted by atomic mass is 10.0. The number of hydrogen-bond acceptors (Lipinski definition) is 6. The van der Waals surface area contributed by atoms with Crippen LogP contribution in [0.2, 0.25) is 0 Å². The van der Waals surface area contributed by atoms with Gasteiger partial charge in [0.2, 0.25) is 0 Å². The second-order valence-electron chi connectivity index (χ2n) is 6.36. The maximum atomic E-state index is 5.44. The quantitative estimate of drug-likeness (QED) is 0.733. The van der Waals surface area contributed by atoms with Crippen LogP contribution in [0.15, 0.2) is 36.7 Å². The summed E-state index contributed by atoms with van der Waals surface area (Å²) in [5.41, 5.74) is 5.16. The minimum absolute atomic E-state index is 0.384. The third kappa shape index (κ3) is 3.36. The third-order valence-corrected chi connectivity index (χ3v) is 4.67. The zero-order valence-electron chi connectivity index (χ0n) is 14.5. The van der Waals surface area contributed by atoms with Gasteiger partial charge in [-0.05, 0) is 19.4 Å². The molecule has 0 aliphatic carbocycles. The fourth-order valence-corrected chi connectivity index (χ4v) is 3.14. The topological polar surface area (TPSA) is 64.0 Å². The number of fused-ring (bicyclic) bond motifs is 1. The number of morpholine rings is 1. The molecule has 1 atom stereocenters. The first-order valence-electron chi connectivity index (χ1n) is 8.59. The van der Waals surface area contributed by atoms with E-state index in [0.717, 1.165) is 43.3 Å². The Kier molecular flexibility index (Phi) is 4.38. The molecule has 3 aromatic rings. The van der Waals surface area contributed by atoms with Crippen LogP contribution in [-0.2, 0) is 4.74 Å². The van der Waals surface area contributed by atoms with Gasteiger partial charge in [-0.1, -0.05) is 24.3 Å². The van der Waals surface area contributed by atoms with E-state index in [2.05, 4.69) is 56.0 Å². The molecule has 0 N–H and O–H groups in total. The summed E-state index contributed by atoms with van der Waals surface area (Å²) in [6.45, 7) is 7.74. The maximum Gasteiger partial charge on any atom is 0.198 e. The van der Waals surface area contributed by atoms with Crippen molar-refractivity contribution in [3.63, 3.8) is 0 Å². The minimum Gasteiger partial charge on any atom is -0.379 e. The molecule has 6 nitrogen and oxygen atoms in total. The molecule has 1 fully saturated rings. The minimum atomic E-state index is 0.384. The predicted molar refractivity (Wildman–Crippen MR) is 96.1 cm³/mol. The van der Waals surface area contributed by atoms with Crippen molar-refractivity contribution in [2.45, 2.75) is 19.9 Å². The van der Waals surface area contributed by atoms with Gasteiger partial charge in [0.25, 0.3) is 0 Å². The molecule has 0 bridgehead atoms. The molecule has 0 saturated carbocycles. The standard InChI is InChI=1S/C19H21N5O/c1-13-11-20-19-18(22-13)21-12-17(23-19)16-5-3-15(4-6-16)14(2)24-7-9-25-10-8-24/h3-6,11-12,14H,7-10H2,1-2H3/t14-/m1/s1. The number of benzene rings is 1. The Morgan fingerprint density at radius 1 is 0.960 bits per heavy atom. The molecule has 4 rings (SSSR count). The van der Waals surface area contributed by atoms with Crippen molar-refractivity contribution in [2.24, 2.45) is 0 Å². The van der Waals surface area contributed by atoms with Gasteiger partial charge in [0.1, 0.15) is 0 Å². The molecule has 6 heteroatoms. The molecule has 1 aliphatic rings. The summed E-state index contributed by atoms with van der Waals surface area (Å²) in [5.74, 6) is 0. The number of nitrogens with zero attached hydrogens (tertiary/aromatic N) is 5. The van der Waals surface area contributed by atoms with Gasteiger partial charge in [0.15, 0.2) is 11.3 Å². The van der Waals surface area contributed by atoms with E-state index in [1.165, 1.54) is 5.56 Å². The first-order chi connectivity index (χ1) is 12.2. The average Bonchev–Trinajstić information content (AvgIpc) is 2.68. The summed E-state index contributed by atoms with van der Waals surface area (Å²) in [4.78, 5) is 20.1. The molecule has 3 heterocycles. The number of aromatic nitrogens is 4. The first-order valence-corrected chi connectivity index (χ1v) is 8.59. The molecule has 1 aromatic carbocycles. The lowest BCUT2D eigenvalue weighted by Crippen LogP contribution is -2.37. The van der Waals surface area contributed by atoms with Crippen molar-refractivity contribution in [1.29, 1.82) is 0 Å². The van der Waals surface area contributed by atoms with Crippen molar-refractivity contribution in [3.05, 3.63) is 47.9 Å². The molecule has 0 amide bonds. The summed E-state index contributed by atoms with van der Waals surface area (Å²) >= 11 is 0. The molecule has 0 spiro atoms. The fourth-order valence-electron chi connectivity index (χ4n) is 3.14. The second kappa shape index (κ2) is 6.82. The van der Waals surface area contributed by atoms with Crippen molar-refractivity contribution < 1.29 is 4.74 Å². The summed E-state index contributed by atoms with van der Waals surface area (Å²) in [5, 5.41) is 0. The fraction of sp³-hybridized carbons (Fsp3) is 0.368. The molecule has 2 aromatic heterocycles. The Morgan fingerprint density at radius 2 is 1.64 bits per heavy atom. The van der Waals surface area contributed by atoms with Gasteiger partial charge in [-0.2, -0.15) is 0 Å². The van der Waals surface area contributed by atoms with Crippen LogP contribution in [0.3, 0.4) is 0 Å². The SMILES string of the molecule is Cc1cnc2nc(-c3ccc([C@@H](C)N4CCOCC4)cc3)cnc2n1. The van der Waals surface area contributed by atoms with E-state index in [1.807, 2.05) is 6.92 Å². The average molecular weight is 335 g/mol. The summed E-state index contributed by atoms with van der Waals surface area (Å²) in [6.07, 6.45) is 3.48. The Balaban J connectivity index is 1.58. The Bertz CT molecular complexity index is 875. The van der Waals surface area contributed by atoms with Crippen LogP contribution in [0, 0.1) is 6.92 Å². The Labute approximate surface area is 146 Å². The van der Waals surface area contributed by atoms with Crippen LogP contribution in [0.5, 0.6) is 0 Å². The van der Waals surface area contributed by atoms with Crippen molar-refractivity contribution in [1.82, 2.24) is 24.8 Å². The first kappa shape index (κ1) is 16.1. The molecule has 25 heavy (non-hydrogen) atoms. The molecule has 1 saturated heterocycles. The van der Waals surface area contributed by atoms with Crippen LogP contribution in [0.25, 0.3) is 22.6 Å². The van der Waals surface area contributed by atoms with Crippen molar-refractivity contribution in [3.8, 4) is 11.3 Å². The molecular weight excluding hydrogens is 314 g/mol. The van der Waals surface area contributed by atoms with E-state index in [1.54, 1.807) is 12.4 Å². The van der Waals surface area contributed by atoms with E-state index in [4.69, 9.17) is 4.74 Å². The zero-order valence-corrected chi connectivity index (χ0v) is 14.5. The normalized spacial score (nSPS) is 16.9. The highest BCUT2D eigenvalue weighted by Gasteiger charge is 2.18. The number of aryl methyl sites for hydroxylation is 1. The summed E-state index contributed by atoms with van der Waals surface area (Å²) in [7, 11) is 0. The number of hydrogen-bond donors (Lipinski definition) is 0. The highest BCUT2D eigenvalue weighted by Crippen LogP contribution is 2.24. The van der Waals surface area contributed by atoms with Crippen molar-refractivity contribution >= 4 is 11.3 Å². The van der Waals surface area contributed by atoms with Crippen LogP contribution >= 0.6 is 0 Å². The lowest BCUT2D eigenvalue weighted by Gasteiger charge is -2.32. The number of rotatable bonds is 3. The van der Waals surface area contributed by atoms with E-state index in [-0.39, 0.29) is 0 Å². The van der Waals surface area contributed by atoms with Gasteiger partial charge >= 0.3 is 0 Å².